The summed E-state index contributed by atoms with van der Waals surface area (Å²) >= 11 is 3.35. The van der Waals surface area contributed by atoms with Crippen molar-refractivity contribution in [2.24, 2.45) is 0 Å². The first-order valence-corrected chi connectivity index (χ1v) is 9.16. The first-order chi connectivity index (χ1) is 13.0. The number of hydrogen-bond acceptors (Lipinski definition) is 3. The van der Waals surface area contributed by atoms with Crippen LogP contribution in [0.25, 0.3) is 11.3 Å². The van der Waals surface area contributed by atoms with Gasteiger partial charge in [-0.1, -0.05) is 28.1 Å². The Bertz CT molecular complexity index is 985. The van der Waals surface area contributed by atoms with Crippen LogP contribution >= 0.6 is 15.9 Å². The topological polar surface area (TPSA) is 64.0 Å². The van der Waals surface area contributed by atoms with Crippen molar-refractivity contribution in [2.75, 3.05) is 6.54 Å². The highest BCUT2D eigenvalue weighted by molar-refractivity contribution is 9.10. The number of carbonyl (C=O) groups excluding carboxylic acids is 1. The Morgan fingerprint density at radius 3 is 2.44 bits per heavy atom. The zero-order valence-corrected chi connectivity index (χ0v) is 15.9. The van der Waals surface area contributed by atoms with Gasteiger partial charge in [0.05, 0.1) is 18.7 Å². The highest BCUT2D eigenvalue weighted by Gasteiger charge is 2.06. The molecule has 0 fully saturated rings. The van der Waals surface area contributed by atoms with E-state index in [1.807, 2.05) is 24.3 Å². The Labute approximate surface area is 164 Å². The molecule has 0 aliphatic carbocycles. The lowest BCUT2D eigenvalue weighted by atomic mass is 10.1. The molecule has 5 nitrogen and oxygen atoms in total. The van der Waals surface area contributed by atoms with Gasteiger partial charge in [0.15, 0.2) is 0 Å². The van der Waals surface area contributed by atoms with Crippen molar-refractivity contribution in [3.63, 3.8) is 0 Å². The van der Waals surface area contributed by atoms with Gasteiger partial charge in [0.25, 0.3) is 5.56 Å². The molecule has 0 aliphatic rings. The Morgan fingerprint density at radius 1 is 1.04 bits per heavy atom. The van der Waals surface area contributed by atoms with E-state index in [1.54, 1.807) is 18.2 Å². The first kappa shape index (κ1) is 19.0. The van der Waals surface area contributed by atoms with Crippen molar-refractivity contribution in [1.82, 2.24) is 15.1 Å². The number of halogens is 2. The van der Waals surface area contributed by atoms with Crippen LogP contribution in [0.4, 0.5) is 4.39 Å². The number of amides is 1. The molecule has 0 bridgehead atoms. The zero-order valence-electron chi connectivity index (χ0n) is 14.4. The SMILES string of the molecule is O=C(Cc1ccc(Br)cc1)NCCn1nc(-c2ccc(F)cc2)ccc1=O. The van der Waals surface area contributed by atoms with Gasteiger partial charge >= 0.3 is 0 Å². The Kier molecular flexibility index (Phi) is 6.13. The predicted molar refractivity (Wildman–Crippen MR) is 105 cm³/mol. The molecule has 2 aromatic carbocycles. The number of carbonyl (C=O) groups is 1. The van der Waals surface area contributed by atoms with Gasteiger partial charge in [0.1, 0.15) is 5.82 Å². The van der Waals surface area contributed by atoms with Crippen LogP contribution in [0.3, 0.4) is 0 Å². The molecule has 0 radical (unpaired) electrons. The smallest absolute Gasteiger partial charge is 0.266 e. The number of nitrogens with one attached hydrogen (secondary N) is 1. The molecule has 0 aliphatic heterocycles. The van der Waals surface area contributed by atoms with Gasteiger partial charge in [-0.05, 0) is 48.0 Å². The molecule has 3 rings (SSSR count). The highest BCUT2D eigenvalue weighted by atomic mass is 79.9. The lowest BCUT2D eigenvalue weighted by molar-refractivity contribution is -0.120. The van der Waals surface area contributed by atoms with Crippen LogP contribution in [0.15, 0.2) is 69.9 Å². The summed E-state index contributed by atoms with van der Waals surface area (Å²) in [5.41, 5.74) is 1.92. The van der Waals surface area contributed by atoms with Crippen molar-refractivity contribution in [2.45, 2.75) is 13.0 Å². The minimum atomic E-state index is -0.333. The third-order valence-electron chi connectivity index (χ3n) is 3.93. The molecule has 138 valence electrons. The van der Waals surface area contributed by atoms with E-state index in [-0.39, 0.29) is 36.8 Å². The van der Waals surface area contributed by atoms with Crippen LogP contribution in [0.1, 0.15) is 5.56 Å². The minimum absolute atomic E-state index is 0.125. The van der Waals surface area contributed by atoms with E-state index in [1.165, 1.54) is 22.9 Å². The van der Waals surface area contributed by atoms with E-state index >= 15 is 0 Å². The number of benzene rings is 2. The van der Waals surface area contributed by atoms with E-state index in [0.717, 1.165) is 10.0 Å². The largest absolute Gasteiger partial charge is 0.354 e. The molecular weight excluding hydrogens is 413 g/mol. The molecular formula is C20H17BrFN3O2. The van der Waals surface area contributed by atoms with Crippen molar-refractivity contribution in [1.29, 1.82) is 0 Å². The second-order valence-electron chi connectivity index (χ2n) is 5.94. The summed E-state index contributed by atoms with van der Waals surface area (Å²) in [5.74, 6) is -0.458. The summed E-state index contributed by atoms with van der Waals surface area (Å²) in [6.45, 7) is 0.537. The molecule has 7 heteroatoms. The molecule has 0 saturated carbocycles. The lowest BCUT2D eigenvalue weighted by Crippen LogP contribution is -2.32. The first-order valence-electron chi connectivity index (χ1n) is 8.36. The van der Waals surface area contributed by atoms with Crippen molar-refractivity contribution >= 4 is 21.8 Å². The standard InChI is InChI=1S/C20H17BrFN3O2/c21-16-5-1-14(2-6-16)13-19(26)23-11-12-25-20(27)10-9-18(24-25)15-3-7-17(22)8-4-15/h1-10H,11-13H2,(H,23,26). The van der Waals surface area contributed by atoms with Crippen LogP contribution in [0.5, 0.6) is 0 Å². The van der Waals surface area contributed by atoms with E-state index in [9.17, 15) is 14.0 Å². The molecule has 1 N–H and O–H groups in total. The van der Waals surface area contributed by atoms with E-state index in [2.05, 4.69) is 26.3 Å². The fourth-order valence-electron chi connectivity index (χ4n) is 2.54. The van der Waals surface area contributed by atoms with Gasteiger partial charge in [-0.15, -0.1) is 0 Å². The molecule has 27 heavy (non-hydrogen) atoms. The number of nitrogens with zero attached hydrogens (tertiary/aromatic N) is 2. The van der Waals surface area contributed by atoms with Crippen LogP contribution in [0, 0.1) is 5.82 Å². The van der Waals surface area contributed by atoms with Gasteiger partial charge in [-0.25, -0.2) is 9.07 Å². The van der Waals surface area contributed by atoms with Gasteiger partial charge in [-0.2, -0.15) is 5.10 Å². The fraction of sp³-hybridized carbons (Fsp3) is 0.150. The molecule has 1 heterocycles. The number of aromatic nitrogens is 2. The average molecular weight is 430 g/mol. The molecule has 0 saturated heterocycles. The van der Waals surface area contributed by atoms with Crippen LogP contribution in [0.2, 0.25) is 0 Å². The monoisotopic (exact) mass is 429 g/mol. The maximum Gasteiger partial charge on any atom is 0.266 e. The molecule has 0 atom stereocenters. The highest BCUT2D eigenvalue weighted by Crippen LogP contribution is 2.15. The van der Waals surface area contributed by atoms with Crippen molar-refractivity contribution < 1.29 is 9.18 Å². The molecule has 1 aromatic heterocycles. The Morgan fingerprint density at radius 2 is 1.74 bits per heavy atom. The molecule has 0 unspecified atom stereocenters. The van der Waals surface area contributed by atoms with E-state index in [4.69, 9.17) is 0 Å². The van der Waals surface area contributed by atoms with E-state index in [0.29, 0.717) is 11.3 Å². The number of hydrogen-bond donors (Lipinski definition) is 1. The van der Waals surface area contributed by atoms with Gasteiger partial charge in [-0.3, -0.25) is 9.59 Å². The Balaban J connectivity index is 1.59. The summed E-state index contributed by atoms with van der Waals surface area (Å²) < 4.78 is 15.3. The quantitative estimate of drug-likeness (QED) is 0.654. The second-order valence-corrected chi connectivity index (χ2v) is 6.86. The summed E-state index contributed by atoms with van der Waals surface area (Å²) in [6, 6.07) is 16.4. The third kappa shape index (κ3) is 5.34. The summed E-state index contributed by atoms with van der Waals surface area (Å²) in [7, 11) is 0. The van der Waals surface area contributed by atoms with Crippen LogP contribution in [-0.2, 0) is 17.8 Å². The van der Waals surface area contributed by atoms with Gasteiger partial charge in [0, 0.05) is 22.6 Å². The third-order valence-corrected chi connectivity index (χ3v) is 4.46. The summed E-state index contributed by atoms with van der Waals surface area (Å²) in [6.07, 6.45) is 0.269. The second kappa shape index (κ2) is 8.73. The maximum absolute atomic E-state index is 13.0. The minimum Gasteiger partial charge on any atom is -0.354 e. The lowest BCUT2D eigenvalue weighted by Gasteiger charge is -2.09. The summed E-state index contributed by atoms with van der Waals surface area (Å²) in [5, 5.41) is 7.08. The van der Waals surface area contributed by atoms with Crippen LogP contribution in [-0.4, -0.2) is 22.2 Å². The number of rotatable bonds is 6. The molecule has 3 aromatic rings. The zero-order chi connectivity index (χ0) is 19.2. The molecule has 1 amide bonds. The summed E-state index contributed by atoms with van der Waals surface area (Å²) in [4.78, 5) is 24.0. The van der Waals surface area contributed by atoms with Gasteiger partial charge in [0.2, 0.25) is 5.91 Å². The van der Waals surface area contributed by atoms with Crippen molar-refractivity contribution in [3.8, 4) is 11.3 Å². The maximum atomic E-state index is 13.0. The fourth-order valence-corrected chi connectivity index (χ4v) is 2.80. The average Bonchev–Trinajstić information content (AvgIpc) is 2.66. The molecule has 0 spiro atoms. The predicted octanol–water partition coefficient (Wildman–Crippen LogP) is 3.17. The normalized spacial score (nSPS) is 10.6. The van der Waals surface area contributed by atoms with E-state index < -0.39 is 0 Å². The van der Waals surface area contributed by atoms with Gasteiger partial charge < -0.3 is 5.32 Å². The van der Waals surface area contributed by atoms with Crippen LogP contribution < -0.4 is 10.9 Å². The Hall–Kier alpha value is -2.80. The van der Waals surface area contributed by atoms with Crippen molar-refractivity contribution in [3.05, 3.63) is 86.9 Å².